The molecule has 7 rings (SSSR count). The molecule has 4 aromatic rings. The highest BCUT2D eigenvalue weighted by Crippen LogP contribution is 2.32. The number of amides is 1. The van der Waals surface area contributed by atoms with Crippen LogP contribution in [0, 0.1) is 5.82 Å². The van der Waals surface area contributed by atoms with Gasteiger partial charge < -0.3 is 19.1 Å². The van der Waals surface area contributed by atoms with E-state index >= 15 is 4.39 Å². The van der Waals surface area contributed by atoms with Gasteiger partial charge in [0.2, 0.25) is 0 Å². The third kappa shape index (κ3) is 6.48. The Morgan fingerprint density at radius 2 is 1.72 bits per heavy atom. The van der Waals surface area contributed by atoms with Crippen molar-refractivity contribution in [2.24, 2.45) is 0 Å². The van der Waals surface area contributed by atoms with Crippen LogP contribution in [0.4, 0.5) is 4.39 Å². The second kappa shape index (κ2) is 12.9. The van der Waals surface area contributed by atoms with E-state index in [0.29, 0.717) is 56.7 Å². The number of rotatable bonds is 10. The highest BCUT2D eigenvalue weighted by Gasteiger charge is 2.33. The predicted octanol–water partition coefficient (Wildman–Crippen LogP) is 6.55. The molecule has 2 aliphatic heterocycles. The lowest BCUT2D eigenvalue weighted by molar-refractivity contribution is -0.0797. The molecule has 0 bridgehead atoms. The Hall–Kier alpha value is -3.93. The third-order valence-electron chi connectivity index (χ3n) is 8.72. The predicted molar refractivity (Wildman–Crippen MR) is 177 cm³/mol. The summed E-state index contributed by atoms with van der Waals surface area (Å²) in [5.74, 6) is -0.503. The molecule has 9 nitrogen and oxygen atoms in total. The molecule has 47 heavy (non-hydrogen) atoms. The Kier molecular flexibility index (Phi) is 8.71. The minimum Gasteiger partial charge on any atom is -0.490 e. The van der Waals surface area contributed by atoms with Crippen LogP contribution in [0.25, 0.3) is 5.69 Å². The van der Waals surface area contributed by atoms with Crippen molar-refractivity contribution in [3.63, 3.8) is 0 Å². The first-order valence-electron chi connectivity index (χ1n) is 15.6. The molecule has 1 amide bonds. The summed E-state index contributed by atoms with van der Waals surface area (Å²) in [6.07, 6.45) is 2.07. The van der Waals surface area contributed by atoms with Crippen molar-refractivity contribution >= 4 is 39.2 Å². The summed E-state index contributed by atoms with van der Waals surface area (Å²) in [5, 5.41) is 0.402. The van der Waals surface area contributed by atoms with E-state index in [1.165, 1.54) is 10.6 Å². The van der Waals surface area contributed by atoms with Gasteiger partial charge in [0.25, 0.3) is 5.91 Å². The number of fused-ring (bicyclic) bond motifs is 1. The Morgan fingerprint density at radius 1 is 1.00 bits per heavy atom. The van der Waals surface area contributed by atoms with Crippen molar-refractivity contribution in [2.45, 2.75) is 57.4 Å². The zero-order valence-electron chi connectivity index (χ0n) is 25.6. The number of carbonyl (C=O) groups excluding carboxylic acids is 2. The lowest BCUT2D eigenvalue weighted by Gasteiger charge is -2.28. The van der Waals surface area contributed by atoms with Crippen molar-refractivity contribution in [2.75, 3.05) is 19.8 Å². The fourth-order valence-corrected chi connectivity index (χ4v) is 6.39. The van der Waals surface area contributed by atoms with Gasteiger partial charge in [-0.25, -0.2) is 9.18 Å². The smallest absolute Gasteiger partial charge is 0.333 e. The fraction of sp³-hybridized carbons (Fsp3) is 0.343. The zero-order chi connectivity index (χ0) is 32.8. The van der Waals surface area contributed by atoms with Gasteiger partial charge in [-0.05, 0) is 88.8 Å². The van der Waals surface area contributed by atoms with Gasteiger partial charge in [-0.3, -0.25) is 18.7 Å². The van der Waals surface area contributed by atoms with E-state index in [1.807, 2.05) is 0 Å². The van der Waals surface area contributed by atoms with Crippen molar-refractivity contribution in [1.29, 1.82) is 0 Å². The standard InChI is InChI=1S/C35H32BrClFN3O6/c1-20(27-10-9-25(16-30(27)38)47-26-18-45-19-26)14-32(42)33-31-17-39(34(43)21-2-11-28(36)29(37)15-21)12-13-40(31)35(44)41(33)22-3-5-23(6-4-22)46-24-7-8-24/h2-6,9-11,15-16,20,24,26H,7-8,12-14,17-19H2,1H3/t20-/m0/s1. The molecule has 1 aromatic heterocycles. The molecule has 1 saturated heterocycles. The topological polar surface area (TPSA) is 92.0 Å². The highest BCUT2D eigenvalue weighted by molar-refractivity contribution is 9.10. The fourth-order valence-electron chi connectivity index (χ4n) is 5.96. The molecule has 1 aliphatic carbocycles. The third-order valence-corrected chi connectivity index (χ3v) is 9.96. The quantitative estimate of drug-likeness (QED) is 0.173. The van der Waals surface area contributed by atoms with Crippen LogP contribution in [0.2, 0.25) is 5.02 Å². The van der Waals surface area contributed by atoms with Crippen LogP contribution >= 0.6 is 27.5 Å². The summed E-state index contributed by atoms with van der Waals surface area (Å²) in [7, 11) is 0. The Balaban J connectivity index is 1.21. The van der Waals surface area contributed by atoms with Crippen molar-refractivity contribution in [1.82, 2.24) is 14.0 Å². The summed E-state index contributed by atoms with van der Waals surface area (Å²) in [4.78, 5) is 43.4. The molecule has 2 fully saturated rings. The van der Waals surface area contributed by atoms with Crippen LogP contribution < -0.4 is 15.2 Å². The number of Topliss-reactive ketones (excluding diaryl/α,β-unsaturated/α-hetero) is 1. The van der Waals surface area contributed by atoms with Crippen LogP contribution in [0.5, 0.6) is 11.5 Å². The van der Waals surface area contributed by atoms with E-state index in [0.717, 1.165) is 12.8 Å². The van der Waals surface area contributed by atoms with Crippen LogP contribution in [-0.2, 0) is 17.8 Å². The van der Waals surface area contributed by atoms with Gasteiger partial charge in [0.05, 0.1) is 42.3 Å². The van der Waals surface area contributed by atoms with Crippen molar-refractivity contribution in [3.8, 4) is 17.2 Å². The first-order chi connectivity index (χ1) is 22.7. The van der Waals surface area contributed by atoms with E-state index in [-0.39, 0.29) is 61.3 Å². The van der Waals surface area contributed by atoms with Crippen molar-refractivity contribution < 1.29 is 28.2 Å². The molecule has 0 radical (unpaired) electrons. The number of aromatic nitrogens is 2. The first-order valence-corrected chi connectivity index (χ1v) is 16.8. The maximum atomic E-state index is 15.3. The van der Waals surface area contributed by atoms with Gasteiger partial charge in [0, 0.05) is 35.6 Å². The molecule has 12 heteroatoms. The molecular weight excluding hydrogens is 693 g/mol. The maximum absolute atomic E-state index is 15.3. The number of hydrogen-bond donors (Lipinski definition) is 0. The first kappa shape index (κ1) is 31.7. The lowest BCUT2D eigenvalue weighted by atomic mass is 9.93. The van der Waals surface area contributed by atoms with E-state index in [2.05, 4.69) is 15.9 Å². The van der Waals surface area contributed by atoms with Gasteiger partial charge in [-0.15, -0.1) is 0 Å². The number of ether oxygens (including phenoxy) is 3. The summed E-state index contributed by atoms with van der Waals surface area (Å²) in [5.41, 5.74) is 1.49. The molecule has 0 unspecified atom stereocenters. The molecule has 3 heterocycles. The second-order valence-electron chi connectivity index (χ2n) is 12.2. The zero-order valence-corrected chi connectivity index (χ0v) is 27.9. The summed E-state index contributed by atoms with van der Waals surface area (Å²) in [6.45, 7) is 3.23. The van der Waals surface area contributed by atoms with Crippen LogP contribution in [0.15, 0.2) is 69.9 Å². The second-order valence-corrected chi connectivity index (χ2v) is 13.5. The monoisotopic (exact) mass is 723 g/mol. The number of ketones is 1. The molecular formula is C35H32BrClFN3O6. The number of carbonyl (C=O) groups is 2. The maximum Gasteiger partial charge on any atom is 0.333 e. The average molecular weight is 725 g/mol. The minimum atomic E-state index is -0.511. The van der Waals surface area contributed by atoms with Crippen molar-refractivity contribution in [3.05, 3.63) is 109 Å². The van der Waals surface area contributed by atoms with Crippen LogP contribution in [-0.4, -0.2) is 57.7 Å². The number of nitrogens with zero attached hydrogens (tertiary/aromatic N) is 3. The summed E-state index contributed by atoms with van der Waals surface area (Å²) in [6, 6.07) is 16.7. The Labute approximate surface area is 283 Å². The van der Waals surface area contributed by atoms with E-state index in [9.17, 15) is 14.4 Å². The van der Waals surface area contributed by atoms with Gasteiger partial charge in [0.1, 0.15) is 29.1 Å². The normalized spacial score (nSPS) is 16.7. The molecule has 244 valence electrons. The molecule has 0 N–H and O–H groups in total. The van der Waals surface area contributed by atoms with E-state index < -0.39 is 11.7 Å². The molecule has 3 aromatic carbocycles. The van der Waals surface area contributed by atoms with Gasteiger partial charge in [-0.2, -0.15) is 0 Å². The minimum absolute atomic E-state index is 0.0400. The average Bonchev–Trinajstić information content (AvgIpc) is 3.81. The number of imidazole rings is 1. The van der Waals surface area contributed by atoms with Gasteiger partial charge in [-0.1, -0.05) is 24.6 Å². The van der Waals surface area contributed by atoms with E-state index in [4.69, 9.17) is 25.8 Å². The number of benzene rings is 3. The Morgan fingerprint density at radius 3 is 2.38 bits per heavy atom. The van der Waals surface area contributed by atoms with E-state index in [1.54, 1.807) is 71.0 Å². The lowest BCUT2D eigenvalue weighted by Crippen LogP contribution is -2.41. The summed E-state index contributed by atoms with van der Waals surface area (Å²) >= 11 is 9.63. The molecule has 3 aliphatic rings. The van der Waals surface area contributed by atoms with Gasteiger partial charge in [0.15, 0.2) is 5.78 Å². The summed E-state index contributed by atoms with van der Waals surface area (Å²) < 4.78 is 35.7. The highest BCUT2D eigenvalue weighted by atomic mass is 79.9. The van der Waals surface area contributed by atoms with Crippen LogP contribution in [0.1, 0.15) is 64.2 Å². The molecule has 1 saturated carbocycles. The number of hydrogen-bond acceptors (Lipinski definition) is 6. The molecule has 1 atom stereocenters. The SMILES string of the molecule is C[C@@H](CC(=O)c1c2n(c(=O)n1-c1ccc(OC3CC3)cc1)CCN(C(=O)c1ccc(Br)c(Cl)c1)C2)c1ccc(OC2COC2)cc1F. The number of halogens is 3. The largest absolute Gasteiger partial charge is 0.490 e. The van der Waals surface area contributed by atoms with Crippen LogP contribution in [0.3, 0.4) is 0 Å². The van der Waals surface area contributed by atoms with Gasteiger partial charge >= 0.3 is 5.69 Å². The molecule has 0 spiro atoms. The Bertz CT molecular complexity index is 1920.